The van der Waals surface area contributed by atoms with Crippen molar-refractivity contribution >= 4 is 16.2 Å². The summed E-state index contributed by atoms with van der Waals surface area (Å²) in [6.45, 7) is 1.54. The van der Waals surface area contributed by atoms with E-state index in [4.69, 9.17) is 4.74 Å². The molecule has 2 aliphatic heterocycles. The third-order valence-corrected chi connectivity index (χ3v) is 5.91. The number of nitrogens with zero attached hydrogens (tertiary/aromatic N) is 2. The minimum Gasteiger partial charge on any atom is -0.468 e. The van der Waals surface area contributed by atoms with Crippen LogP contribution >= 0.6 is 0 Å². The molecule has 0 N–H and O–H groups in total. The van der Waals surface area contributed by atoms with Gasteiger partial charge in [-0.3, -0.25) is 4.79 Å². The molecule has 2 heterocycles. The first kappa shape index (κ1) is 14.7. The van der Waals surface area contributed by atoms with Gasteiger partial charge in [0.2, 0.25) is 0 Å². The van der Waals surface area contributed by atoms with Crippen LogP contribution in [0, 0.1) is 0 Å². The summed E-state index contributed by atoms with van der Waals surface area (Å²) >= 11 is 0. The van der Waals surface area contributed by atoms with Gasteiger partial charge in [-0.2, -0.15) is 17.0 Å². The minimum atomic E-state index is -3.52. The summed E-state index contributed by atoms with van der Waals surface area (Å²) in [5, 5.41) is 0. The van der Waals surface area contributed by atoms with E-state index in [0.717, 1.165) is 32.1 Å². The van der Waals surface area contributed by atoms with Gasteiger partial charge >= 0.3 is 5.97 Å². The Morgan fingerprint density at radius 2 is 1.68 bits per heavy atom. The highest BCUT2D eigenvalue weighted by atomic mass is 32.2. The van der Waals surface area contributed by atoms with E-state index in [1.165, 1.54) is 15.7 Å². The summed E-state index contributed by atoms with van der Waals surface area (Å²) in [5.74, 6) is -0.444. The van der Waals surface area contributed by atoms with Crippen LogP contribution in [-0.2, 0) is 19.7 Å². The van der Waals surface area contributed by atoms with Crippen molar-refractivity contribution in [1.82, 2.24) is 8.61 Å². The van der Waals surface area contributed by atoms with Crippen molar-refractivity contribution in [2.24, 2.45) is 0 Å². The summed E-state index contributed by atoms with van der Waals surface area (Å²) in [7, 11) is -2.22. The number of methoxy groups -OCH3 is 1. The van der Waals surface area contributed by atoms with Crippen LogP contribution in [0.1, 0.15) is 38.5 Å². The number of hydrogen-bond acceptors (Lipinski definition) is 4. The molecule has 0 unspecified atom stereocenters. The molecule has 0 aromatic rings. The molecule has 0 aromatic heterocycles. The van der Waals surface area contributed by atoms with Gasteiger partial charge in [-0.25, -0.2) is 0 Å². The average molecular weight is 290 g/mol. The SMILES string of the molecule is COC(=O)[C@H]1CCCCN1S(=O)(=O)N1CCCCC1. The van der Waals surface area contributed by atoms with Crippen molar-refractivity contribution < 1.29 is 17.9 Å². The van der Waals surface area contributed by atoms with Gasteiger partial charge in [0.25, 0.3) is 10.2 Å². The van der Waals surface area contributed by atoms with Crippen molar-refractivity contribution in [3.8, 4) is 0 Å². The number of hydrogen-bond donors (Lipinski definition) is 0. The van der Waals surface area contributed by atoms with Gasteiger partial charge in [-0.15, -0.1) is 0 Å². The van der Waals surface area contributed by atoms with E-state index in [-0.39, 0.29) is 0 Å². The quantitative estimate of drug-likeness (QED) is 0.719. The van der Waals surface area contributed by atoms with E-state index in [0.29, 0.717) is 26.1 Å². The second-order valence-corrected chi connectivity index (χ2v) is 6.99. The first-order valence-electron chi connectivity index (χ1n) is 6.92. The average Bonchev–Trinajstić information content (AvgIpc) is 2.47. The highest BCUT2D eigenvalue weighted by molar-refractivity contribution is 7.86. The molecule has 110 valence electrons. The van der Waals surface area contributed by atoms with Gasteiger partial charge in [0.15, 0.2) is 0 Å². The van der Waals surface area contributed by atoms with Gasteiger partial charge in [0.1, 0.15) is 6.04 Å². The molecule has 0 aliphatic carbocycles. The van der Waals surface area contributed by atoms with Crippen molar-refractivity contribution in [2.45, 2.75) is 44.6 Å². The second-order valence-electron chi connectivity index (χ2n) is 5.11. The van der Waals surface area contributed by atoms with Crippen LogP contribution in [-0.4, -0.2) is 55.8 Å². The Kier molecular flexibility index (Phi) is 4.81. The zero-order chi connectivity index (χ0) is 13.9. The van der Waals surface area contributed by atoms with Crippen LogP contribution in [0.5, 0.6) is 0 Å². The number of piperidine rings is 2. The lowest BCUT2D eigenvalue weighted by Crippen LogP contribution is -2.54. The van der Waals surface area contributed by atoms with Gasteiger partial charge in [-0.1, -0.05) is 6.42 Å². The van der Waals surface area contributed by atoms with Crippen molar-refractivity contribution in [3.63, 3.8) is 0 Å². The molecule has 1 atom stereocenters. The topological polar surface area (TPSA) is 66.9 Å². The molecule has 2 rings (SSSR count). The lowest BCUT2D eigenvalue weighted by Gasteiger charge is -2.37. The molecular weight excluding hydrogens is 268 g/mol. The molecule has 2 fully saturated rings. The van der Waals surface area contributed by atoms with E-state index in [1.54, 1.807) is 0 Å². The van der Waals surface area contributed by atoms with Crippen LogP contribution in [0.2, 0.25) is 0 Å². The van der Waals surface area contributed by atoms with Crippen LogP contribution in [0.15, 0.2) is 0 Å². The molecular formula is C12H22N2O4S. The van der Waals surface area contributed by atoms with E-state index >= 15 is 0 Å². The maximum Gasteiger partial charge on any atom is 0.324 e. The Balaban J connectivity index is 2.18. The Bertz CT molecular complexity index is 417. The molecule has 2 aliphatic rings. The Labute approximate surface area is 114 Å². The smallest absolute Gasteiger partial charge is 0.324 e. The largest absolute Gasteiger partial charge is 0.468 e. The van der Waals surface area contributed by atoms with Gasteiger partial charge in [-0.05, 0) is 32.1 Å². The van der Waals surface area contributed by atoms with Crippen molar-refractivity contribution in [3.05, 3.63) is 0 Å². The first-order chi connectivity index (χ1) is 9.07. The minimum absolute atomic E-state index is 0.415. The molecule has 7 heteroatoms. The second kappa shape index (κ2) is 6.19. The molecule has 2 saturated heterocycles. The summed E-state index contributed by atoms with van der Waals surface area (Å²) in [6.07, 6.45) is 5.10. The fraction of sp³-hybridized carbons (Fsp3) is 0.917. The maximum absolute atomic E-state index is 12.6. The number of carbonyl (C=O) groups excluding carboxylic acids is 1. The number of ether oxygens (including phenoxy) is 1. The highest BCUT2D eigenvalue weighted by Gasteiger charge is 2.40. The Hall–Kier alpha value is -0.660. The predicted octanol–water partition coefficient (Wildman–Crippen LogP) is 0.745. The third kappa shape index (κ3) is 3.09. The number of carbonyl (C=O) groups is 1. The number of rotatable bonds is 3. The molecule has 19 heavy (non-hydrogen) atoms. The maximum atomic E-state index is 12.6. The number of esters is 1. The predicted molar refractivity (Wildman–Crippen MR) is 70.7 cm³/mol. The fourth-order valence-electron chi connectivity index (χ4n) is 2.80. The van der Waals surface area contributed by atoms with Gasteiger partial charge < -0.3 is 4.74 Å². The standard InChI is InChI=1S/C12H22N2O4S/c1-18-12(15)11-7-3-6-10-14(11)19(16,17)13-8-4-2-5-9-13/h11H,2-10H2,1H3/t11-/m1/s1. The normalized spacial score (nSPS) is 27.1. The third-order valence-electron chi connectivity index (χ3n) is 3.86. The molecule has 0 spiro atoms. The molecule has 0 amide bonds. The van der Waals surface area contributed by atoms with Crippen LogP contribution in [0.4, 0.5) is 0 Å². The molecule has 0 bridgehead atoms. The van der Waals surface area contributed by atoms with Crippen molar-refractivity contribution in [1.29, 1.82) is 0 Å². The summed E-state index contributed by atoms with van der Waals surface area (Å²) in [6, 6.07) is -0.648. The van der Waals surface area contributed by atoms with E-state index in [2.05, 4.69) is 0 Å². The van der Waals surface area contributed by atoms with Gasteiger partial charge in [0.05, 0.1) is 7.11 Å². The molecule has 0 aromatic carbocycles. The molecule has 6 nitrogen and oxygen atoms in total. The monoisotopic (exact) mass is 290 g/mol. The first-order valence-corrected chi connectivity index (χ1v) is 8.32. The van der Waals surface area contributed by atoms with E-state index in [9.17, 15) is 13.2 Å². The fourth-order valence-corrected chi connectivity index (χ4v) is 4.69. The van der Waals surface area contributed by atoms with Crippen LogP contribution in [0.25, 0.3) is 0 Å². The molecule has 0 saturated carbocycles. The summed E-state index contributed by atoms with van der Waals surface area (Å²) < 4.78 is 32.8. The Morgan fingerprint density at radius 3 is 2.32 bits per heavy atom. The van der Waals surface area contributed by atoms with Crippen LogP contribution < -0.4 is 0 Å². The molecule has 0 radical (unpaired) electrons. The zero-order valence-corrected chi connectivity index (χ0v) is 12.2. The van der Waals surface area contributed by atoms with Crippen LogP contribution in [0.3, 0.4) is 0 Å². The van der Waals surface area contributed by atoms with E-state index in [1.807, 2.05) is 0 Å². The van der Waals surface area contributed by atoms with Crippen molar-refractivity contribution in [2.75, 3.05) is 26.7 Å². The Morgan fingerprint density at radius 1 is 1.05 bits per heavy atom. The lowest BCUT2D eigenvalue weighted by atomic mass is 10.1. The summed E-state index contributed by atoms with van der Waals surface area (Å²) in [5.41, 5.74) is 0. The van der Waals surface area contributed by atoms with E-state index < -0.39 is 22.2 Å². The summed E-state index contributed by atoms with van der Waals surface area (Å²) in [4.78, 5) is 11.8. The lowest BCUT2D eigenvalue weighted by molar-refractivity contribution is -0.146. The highest BCUT2D eigenvalue weighted by Crippen LogP contribution is 2.25. The van der Waals surface area contributed by atoms with Gasteiger partial charge in [0, 0.05) is 19.6 Å². The zero-order valence-electron chi connectivity index (χ0n) is 11.4.